The SMILES string of the molecule is O=S(=O)(NCCN1CCC[C@H](Cn2cncn2)C1)c1ccccc1. The average molecular weight is 349 g/mol. The first kappa shape index (κ1) is 17.1. The number of nitrogens with zero attached hydrogens (tertiary/aromatic N) is 4. The molecule has 0 saturated carbocycles. The van der Waals surface area contributed by atoms with E-state index in [9.17, 15) is 8.42 Å². The Balaban J connectivity index is 1.46. The van der Waals surface area contributed by atoms with E-state index < -0.39 is 10.0 Å². The number of piperidine rings is 1. The quantitative estimate of drug-likeness (QED) is 0.806. The lowest BCUT2D eigenvalue weighted by Gasteiger charge is -2.32. The molecule has 3 rings (SSSR count). The van der Waals surface area contributed by atoms with E-state index in [-0.39, 0.29) is 0 Å². The summed E-state index contributed by atoms with van der Waals surface area (Å²) in [6, 6.07) is 8.48. The highest BCUT2D eigenvalue weighted by molar-refractivity contribution is 7.89. The van der Waals surface area contributed by atoms with E-state index in [1.54, 1.807) is 36.9 Å². The Kier molecular flexibility index (Phi) is 5.60. The first-order valence-electron chi connectivity index (χ1n) is 8.23. The molecule has 1 fully saturated rings. The van der Waals surface area contributed by atoms with Crippen LogP contribution in [0.15, 0.2) is 47.9 Å². The monoisotopic (exact) mass is 349 g/mol. The van der Waals surface area contributed by atoms with Crippen LogP contribution in [0, 0.1) is 5.92 Å². The smallest absolute Gasteiger partial charge is 0.240 e. The second kappa shape index (κ2) is 7.87. The fraction of sp³-hybridized carbons (Fsp3) is 0.500. The van der Waals surface area contributed by atoms with Crippen LogP contribution in [-0.4, -0.2) is 54.3 Å². The van der Waals surface area contributed by atoms with Crippen molar-refractivity contribution >= 4 is 10.0 Å². The molecule has 1 N–H and O–H groups in total. The summed E-state index contributed by atoms with van der Waals surface area (Å²) in [4.78, 5) is 6.60. The maximum atomic E-state index is 12.2. The molecule has 0 unspecified atom stereocenters. The van der Waals surface area contributed by atoms with Crippen LogP contribution >= 0.6 is 0 Å². The van der Waals surface area contributed by atoms with Crippen LogP contribution in [0.5, 0.6) is 0 Å². The zero-order chi connectivity index (χ0) is 16.8. The number of benzene rings is 1. The molecular formula is C16H23N5O2S. The molecule has 0 amide bonds. The minimum absolute atomic E-state index is 0.313. The van der Waals surface area contributed by atoms with Crippen molar-refractivity contribution in [3.8, 4) is 0 Å². The fourth-order valence-electron chi connectivity index (χ4n) is 3.12. The lowest BCUT2D eigenvalue weighted by atomic mass is 9.98. The number of hydrogen-bond donors (Lipinski definition) is 1. The molecule has 0 radical (unpaired) electrons. The number of rotatable bonds is 7. The summed E-state index contributed by atoms with van der Waals surface area (Å²) in [5, 5.41) is 4.16. The lowest BCUT2D eigenvalue weighted by molar-refractivity contribution is 0.162. The van der Waals surface area contributed by atoms with E-state index in [2.05, 4.69) is 19.7 Å². The molecule has 0 bridgehead atoms. The molecule has 1 aliphatic rings. The zero-order valence-corrected chi connectivity index (χ0v) is 14.4. The molecule has 8 heteroatoms. The Labute approximate surface area is 142 Å². The minimum Gasteiger partial charge on any atom is -0.302 e. The molecule has 1 saturated heterocycles. The highest BCUT2D eigenvalue weighted by Gasteiger charge is 2.21. The van der Waals surface area contributed by atoms with Crippen molar-refractivity contribution in [3.63, 3.8) is 0 Å². The van der Waals surface area contributed by atoms with Gasteiger partial charge in [-0.3, -0.25) is 4.68 Å². The molecule has 0 aliphatic carbocycles. The molecule has 1 aliphatic heterocycles. The maximum Gasteiger partial charge on any atom is 0.240 e. The van der Waals surface area contributed by atoms with Gasteiger partial charge in [-0.25, -0.2) is 18.1 Å². The van der Waals surface area contributed by atoms with E-state index in [1.807, 2.05) is 10.7 Å². The second-order valence-electron chi connectivity index (χ2n) is 6.14. The summed E-state index contributed by atoms with van der Waals surface area (Å²) in [6.45, 7) is 3.99. The summed E-state index contributed by atoms with van der Waals surface area (Å²) in [7, 11) is -3.41. The van der Waals surface area contributed by atoms with Crippen molar-refractivity contribution in [2.24, 2.45) is 5.92 Å². The largest absolute Gasteiger partial charge is 0.302 e. The minimum atomic E-state index is -3.41. The predicted octanol–water partition coefficient (Wildman–Crippen LogP) is 0.969. The van der Waals surface area contributed by atoms with Crippen LogP contribution in [0.1, 0.15) is 12.8 Å². The summed E-state index contributed by atoms with van der Waals surface area (Å²) in [5.41, 5.74) is 0. The van der Waals surface area contributed by atoms with E-state index in [0.717, 1.165) is 32.6 Å². The first-order chi connectivity index (χ1) is 11.6. The van der Waals surface area contributed by atoms with Gasteiger partial charge in [0.05, 0.1) is 4.90 Å². The standard InChI is InChI=1S/C16H23N5O2S/c22-24(23,16-6-2-1-3-7-16)19-8-10-20-9-4-5-15(11-20)12-21-14-17-13-18-21/h1-3,6-7,13-15,19H,4-5,8-12H2/t15-/m0/s1. The van der Waals surface area contributed by atoms with Crippen molar-refractivity contribution < 1.29 is 8.42 Å². The van der Waals surface area contributed by atoms with Crippen LogP contribution in [0.4, 0.5) is 0 Å². The van der Waals surface area contributed by atoms with Crippen molar-refractivity contribution in [2.75, 3.05) is 26.2 Å². The number of nitrogens with one attached hydrogen (secondary N) is 1. The molecule has 130 valence electrons. The van der Waals surface area contributed by atoms with Gasteiger partial charge in [-0.05, 0) is 37.4 Å². The maximum absolute atomic E-state index is 12.2. The summed E-state index contributed by atoms with van der Waals surface area (Å²) in [6.07, 6.45) is 5.60. The molecule has 2 heterocycles. The highest BCUT2D eigenvalue weighted by atomic mass is 32.2. The Morgan fingerprint density at radius 2 is 2.08 bits per heavy atom. The van der Waals surface area contributed by atoms with Crippen LogP contribution in [-0.2, 0) is 16.6 Å². The van der Waals surface area contributed by atoms with Crippen molar-refractivity contribution in [1.29, 1.82) is 0 Å². The molecule has 7 nitrogen and oxygen atoms in total. The van der Waals surface area contributed by atoms with Crippen LogP contribution in [0.25, 0.3) is 0 Å². The molecule has 1 aromatic carbocycles. The van der Waals surface area contributed by atoms with E-state index in [1.165, 1.54) is 6.42 Å². The Morgan fingerprint density at radius 1 is 1.25 bits per heavy atom. The van der Waals surface area contributed by atoms with Gasteiger partial charge in [-0.2, -0.15) is 5.10 Å². The fourth-order valence-corrected chi connectivity index (χ4v) is 4.16. The van der Waals surface area contributed by atoms with E-state index in [4.69, 9.17) is 0 Å². The molecular weight excluding hydrogens is 326 g/mol. The molecule has 2 aromatic rings. The number of hydrogen-bond acceptors (Lipinski definition) is 5. The second-order valence-corrected chi connectivity index (χ2v) is 7.90. The van der Waals surface area contributed by atoms with E-state index in [0.29, 0.717) is 17.4 Å². The summed E-state index contributed by atoms with van der Waals surface area (Å²) >= 11 is 0. The van der Waals surface area contributed by atoms with Gasteiger partial charge in [0.1, 0.15) is 12.7 Å². The topological polar surface area (TPSA) is 80.1 Å². The molecule has 0 spiro atoms. The Hall–Kier alpha value is -1.77. The van der Waals surface area contributed by atoms with Crippen molar-refractivity contribution in [3.05, 3.63) is 43.0 Å². The average Bonchev–Trinajstić information content (AvgIpc) is 3.09. The number of likely N-dealkylation sites (tertiary alicyclic amines) is 1. The predicted molar refractivity (Wildman–Crippen MR) is 90.8 cm³/mol. The van der Waals surface area contributed by atoms with Crippen molar-refractivity contribution in [2.45, 2.75) is 24.3 Å². The third-order valence-electron chi connectivity index (χ3n) is 4.29. The Morgan fingerprint density at radius 3 is 2.83 bits per heavy atom. The van der Waals surface area contributed by atoms with Crippen molar-refractivity contribution in [1.82, 2.24) is 24.4 Å². The van der Waals surface area contributed by atoms with Gasteiger partial charge in [0.2, 0.25) is 10.0 Å². The van der Waals surface area contributed by atoms with Crippen LogP contribution in [0.3, 0.4) is 0 Å². The number of sulfonamides is 1. The molecule has 24 heavy (non-hydrogen) atoms. The van der Waals surface area contributed by atoms with Gasteiger partial charge in [-0.1, -0.05) is 18.2 Å². The van der Waals surface area contributed by atoms with Crippen LogP contribution in [0.2, 0.25) is 0 Å². The van der Waals surface area contributed by atoms with Gasteiger partial charge >= 0.3 is 0 Å². The van der Waals surface area contributed by atoms with Gasteiger partial charge in [0.25, 0.3) is 0 Å². The van der Waals surface area contributed by atoms with Gasteiger partial charge < -0.3 is 4.90 Å². The normalized spacial score (nSPS) is 19.4. The van der Waals surface area contributed by atoms with Gasteiger partial charge in [-0.15, -0.1) is 0 Å². The summed E-state index contributed by atoms with van der Waals surface area (Å²) in [5.74, 6) is 0.534. The van der Waals surface area contributed by atoms with E-state index >= 15 is 0 Å². The lowest BCUT2D eigenvalue weighted by Crippen LogP contribution is -2.41. The Bertz CT molecular complexity index is 718. The molecule has 1 aromatic heterocycles. The third-order valence-corrected chi connectivity index (χ3v) is 5.77. The van der Waals surface area contributed by atoms with Gasteiger partial charge in [0.15, 0.2) is 0 Å². The summed E-state index contributed by atoms with van der Waals surface area (Å²) < 4.78 is 29.0. The number of aromatic nitrogens is 3. The highest BCUT2D eigenvalue weighted by Crippen LogP contribution is 2.17. The molecule has 1 atom stereocenters. The zero-order valence-electron chi connectivity index (χ0n) is 13.6. The van der Waals surface area contributed by atoms with Gasteiger partial charge in [0, 0.05) is 26.2 Å². The third kappa shape index (κ3) is 4.62. The first-order valence-corrected chi connectivity index (χ1v) is 9.71. The van der Waals surface area contributed by atoms with Crippen LogP contribution < -0.4 is 4.72 Å².